The van der Waals surface area contributed by atoms with Gasteiger partial charge in [0.05, 0.1) is 0 Å². The van der Waals surface area contributed by atoms with Crippen molar-refractivity contribution in [3.05, 3.63) is 41.7 Å². The van der Waals surface area contributed by atoms with Crippen molar-refractivity contribution in [1.82, 2.24) is 5.32 Å². The maximum atomic E-state index is 12.9. The summed E-state index contributed by atoms with van der Waals surface area (Å²) >= 11 is 0. The fraction of sp³-hybridized carbons (Fsp3) is 0.429. The third-order valence-corrected chi connectivity index (χ3v) is 2.97. The highest BCUT2D eigenvalue weighted by molar-refractivity contribution is 5.49. The molecular weight excluding hydrogens is 201 g/mol. The van der Waals surface area contributed by atoms with Gasteiger partial charge in [-0.1, -0.05) is 37.1 Å². The topological polar surface area (TPSA) is 12.0 Å². The minimum absolute atomic E-state index is 0.170. The van der Waals surface area contributed by atoms with E-state index in [-0.39, 0.29) is 5.82 Å². The first kappa shape index (κ1) is 11.3. The van der Waals surface area contributed by atoms with E-state index in [1.165, 1.54) is 31.7 Å². The number of hydrogen-bond donors (Lipinski definition) is 1. The zero-order chi connectivity index (χ0) is 11.2. The van der Waals surface area contributed by atoms with Crippen LogP contribution in [0.1, 0.15) is 31.2 Å². The molecule has 1 atom stereocenters. The molecule has 0 radical (unpaired) electrons. The standard InChI is InChI=1S/C14H18FN/c15-13-6-4-5-12(11-13)8-9-14-7-2-1-3-10-16-14/h4-6,8-9,11,14,16H,1-3,7,10H2/b9-8+. The average molecular weight is 219 g/mol. The summed E-state index contributed by atoms with van der Waals surface area (Å²) in [6, 6.07) is 7.16. The summed E-state index contributed by atoms with van der Waals surface area (Å²) in [7, 11) is 0. The van der Waals surface area contributed by atoms with Crippen LogP contribution in [-0.2, 0) is 0 Å². The monoisotopic (exact) mass is 219 g/mol. The molecule has 16 heavy (non-hydrogen) atoms. The van der Waals surface area contributed by atoms with Crippen molar-refractivity contribution in [2.45, 2.75) is 31.7 Å². The summed E-state index contributed by atoms with van der Waals surface area (Å²) in [5.41, 5.74) is 0.936. The van der Waals surface area contributed by atoms with Crippen LogP contribution < -0.4 is 5.32 Å². The van der Waals surface area contributed by atoms with Crippen molar-refractivity contribution in [3.63, 3.8) is 0 Å². The van der Waals surface area contributed by atoms with Crippen molar-refractivity contribution in [3.8, 4) is 0 Å². The minimum Gasteiger partial charge on any atom is -0.311 e. The molecule has 0 spiro atoms. The lowest BCUT2D eigenvalue weighted by Crippen LogP contribution is -2.25. The Hall–Kier alpha value is -1.15. The number of halogens is 1. The smallest absolute Gasteiger partial charge is 0.123 e. The van der Waals surface area contributed by atoms with Gasteiger partial charge in [0.2, 0.25) is 0 Å². The second-order valence-corrected chi connectivity index (χ2v) is 4.32. The maximum Gasteiger partial charge on any atom is 0.123 e. The molecule has 0 aliphatic carbocycles. The van der Waals surface area contributed by atoms with Crippen LogP contribution >= 0.6 is 0 Å². The molecule has 1 unspecified atom stereocenters. The van der Waals surface area contributed by atoms with Crippen LogP contribution in [0, 0.1) is 5.82 Å². The summed E-state index contributed by atoms with van der Waals surface area (Å²) in [5.74, 6) is -0.170. The van der Waals surface area contributed by atoms with Crippen molar-refractivity contribution in [2.75, 3.05) is 6.54 Å². The summed E-state index contributed by atoms with van der Waals surface area (Å²) < 4.78 is 12.9. The van der Waals surface area contributed by atoms with E-state index in [0.29, 0.717) is 6.04 Å². The molecule has 2 rings (SSSR count). The van der Waals surface area contributed by atoms with Crippen molar-refractivity contribution in [2.24, 2.45) is 0 Å². The van der Waals surface area contributed by atoms with E-state index >= 15 is 0 Å². The molecule has 1 aromatic carbocycles. The molecule has 0 bridgehead atoms. The van der Waals surface area contributed by atoms with E-state index in [2.05, 4.69) is 11.4 Å². The molecule has 1 fully saturated rings. The molecule has 1 N–H and O–H groups in total. The van der Waals surface area contributed by atoms with E-state index in [0.717, 1.165) is 12.1 Å². The lowest BCUT2D eigenvalue weighted by atomic mass is 10.1. The molecule has 0 amide bonds. The maximum absolute atomic E-state index is 12.9. The van der Waals surface area contributed by atoms with Crippen LogP contribution in [0.4, 0.5) is 4.39 Å². The Morgan fingerprint density at radius 1 is 1.25 bits per heavy atom. The molecule has 0 saturated carbocycles. The van der Waals surface area contributed by atoms with E-state index in [1.54, 1.807) is 12.1 Å². The van der Waals surface area contributed by atoms with Crippen LogP contribution in [0.3, 0.4) is 0 Å². The number of nitrogens with one attached hydrogen (secondary N) is 1. The second kappa shape index (κ2) is 5.80. The second-order valence-electron chi connectivity index (χ2n) is 4.32. The Morgan fingerprint density at radius 3 is 3.06 bits per heavy atom. The highest BCUT2D eigenvalue weighted by atomic mass is 19.1. The van der Waals surface area contributed by atoms with Gasteiger partial charge < -0.3 is 5.32 Å². The number of hydrogen-bond acceptors (Lipinski definition) is 1. The first-order valence-electron chi connectivity index (χ1n) is 6.02. The quantitative estimate of drug-likeness (QED) is 0.804. The van der Waals surface area contributed by atoms with Gasteiger partial charge in [0.1, 0.15) is 5.82 Å². The molecule has 1 saturated heterocycles. The fourth-order valence-corrected chi connectivity index (χ4v) is 2.06. The van der Waals surface area contributed by atoms with E-state index in [4.69, 9.17) is 0 Å². The van der Waals surface area contributed by atoms with E-state index < -0.39 is 0 Å². The molecule has 1 heterocycles. The van der Waals surface area contributed by atoms with Gasteiger partial charge >= 0.3 is 0 Å². The van der Waals surface area contributed by atoms with Gasteiger partial charge in [0.25, 0.3) is 0 Å². The summed E-state index contributed by atoms with van der Waals surface area (Å²) in [6.07, 6.45) is 9.21. The lowest BCUT2D eigenvalue weighted by Gasteiger charge is -2.09. The number of benzene rings is 1. The van der Waals surface area contributed by atoms with Gasteiger partial charge in [-0.25, -0.2) is 4.39 Å². The molecule has 0 aromatic heterocycles. The Labute approximate surface area is 96.4 Å². The minimum atomic E-state index is -0.170. The van der Waals surface area contributed by atoms with Crippen molar-refractivity contribution in [1.29, 1.82) is 0 Å². The van der Waals surface area contributed by atoms with Crippen LogP contribution in [0.15, 0.2) is 30.3 Å². The third kappa shape index (κ3) is 3.46. The highest BCUT2D eigenvalue weighted by Crippen LogP contribution is 2.11. The zero-order valence-electron chi connectivity index (χ0n) is 9.45. The molecule has 86 valence electrons. The molecule has 1 aromatic rings. The van der Waals surface area contributed by atoms with Crippen LogP contribution in [0.25, 0.3) is 6.08 Å². The van der Waals surface area contributed by atoms with Gasteiger partial charge in [0, 0.05) is 6.04 Å². The van der Waals surface area contributed by atoms with Crippen LogP contribution in [0.5, 0.6) is 0 Å². The Kier molecular flexibility index (Phi) is 4.11. The highest BCUT2D eigenvalue weighted by Gasteiger charge is 2.07. The van der Waals surface area contributed by atoms with Gasteiger partial charge in [-0.3, -0.25) is 0 Å². The van der Waals surface area contributed by atoms with Gasteiger partial charge in [-0.05, 0) is 37.1 Å². The summed E-state index contributed by atoms with van der Waals surface area (Å²) in [4.78, 5) is 0. The average Bonchev–Trinajstić information content (AvgIpc) is 2.55. The molecule has 1 aliphatic rings. The Balaban J connectivity index is 1.97. The summed E-state index contributed by atoms with van der Waals surface area (Å²) in [5, 5.41) is 3.49. The lowest BCUT2D eigenvalue weighted by molar-refractivity contribution is 0.599. The normalized spacial score (nSPS) is 22.2. The predicted octanol–water partition coefficient (Wildman–Crippen LogP) is 3.37. The van der Waals surface area contributed by atoms with Gasteiger partial charge in [-0.15, -0.1) is 0 Å². The molecule has 2 heteroatoms. The van der Waals surface area contributed by atoms with Gasteiger partial charge in [-0.2, -0.15) is 0 Å². The zero-order valence-corrected chi connectivity index (χ0v) is 9.45. The van der Waals surface area contributed by atoms with Crippen molar-refractivity contribution >= 4 is 6.08 Å². The van der Waals surface area contributed by atoms with Gasteiger partial charge in [0.15, 0.2) is 0 Å². The van der Waals surface area contributed by atoms with Crippen LogP contribution in [-0.4, -0.2) is 12.6 Å². The van der Waals surface area contributed by atoms with Crippen molar-refractivity contribution < 1.29 is 4.39 Å². The first-order chi connectivity index (χ1) is 7.84. The Bertz CT molecular complexity index is 352. The third-order valence-electron chi connectivity index (χ3n) is 2.97. The van der Waals surface area contributed by atoms with E-state index in [1.807, 2.05) is 12.1 Å². The SMILES string of the molecule is Fc1cccc(/C=C/C2CCCCCN2)c1. The summed E-state index contributed by atoms with van der Waals surface area (Å²) in [6.45, 7) is 1.10. The predicted molar refractivity (Wildman–Crippen MR) is 65.7 cm³/mol. The molecular formula is C14H18FN. The largest absolute Gasteiger partial charge is 0.311 e. The van der Waals surface area contributed by atoms with Crippen LogP contribution in [0.2, 0.25) is 0 Å². The first-order valence-corrected chi connectivity index (χ1v) is 6.02. The van der Waals surface area contributed by atoms with E-state index in [9.17, 15) is 4.39 Å². The molecule has 1 aliphatic heterocycles. The molecule has 1 nitrogen and oxygen atoms in total. The fourth-order valence-electron chi connectivity index (χ4n) is 2.06. The Morgan fingerprint density at radius 2 is 2.19 bits per heavy atom. The number of rotatable bonds is 2.